The molecule has 1 heterocycles. The summed E-state index contributed by atoms with van der Waals surface area (Å²) in [6.45, 7) is 4.02. The molecule has 0 saturated carbocycles. The van der Waals surface area contributed by atoms with E-state index >= 15 is 0 Å². The molecule has 0 saturated heterocycles. The van der Waals surface area contributed by atoms with Crippen LogP contribution in [0.2, 0.25) is 0 Å². The maximum Gasteiger partial charge on any atom is 0.288 e. The maximum atomic E-state index is 11.7. The maximum absolute atomic E-state index is 11.7. The van der Waals surface area contributed by atoms with Gasteiger partial charge in [0, 0.05) is 6.20 Å². The van der Waals surface area contributed by atoms with Gasteiger partial charge in [0.2, 0.25) is 0 Å². The minimum atomic E-state index is -0.486. The Morgan fingerprint density at radius 3 is 2.43 bits per heavy atom. The number of aromatic nitrogens is 1. The molecule has 0 fully saturated rings. The van der Waals surface area contributed by atoms with E-state index in [1.807, 2.05) is 24.3 Å². The zero-order valence-electron chi connectivity index (χ0n) is 13.1. The zero-order chi connectivity index (χ0) is 16.7. The molecule has 120 valence electrons. The molecule has 23 heavy (non-hydrogen) atoms. The first-order valence-corrected chi connectivity index (χ1v) is 7.29. The molecule has 0 aliphatic heterocycles. The number of nitrogens with zero attached hydrogens (tertiary/aromatic N) is 1. The van der Waals surface area contributed by atoms with E-state index in [-0.39, 0.29) is 12.3 Å². The fourth-order valence-corrected chi connectivity index (χ4v) is 1.82. The highest BCUT2D eigenvalue weighted by Crippen LogP contribution is 2.18. The highest BCUT2D eigenvalue weighted by Gasteiger charge is 2.08. The molecule has 0 atom stereocenters. The number of amides is 2. The van der Waals surface area contributed by atoms with Gasteiger partial charge in [0.15, 0.2) is 6.61 Å². The van der Waals surface area contributed by atoms with Gasteiger partial charge in [-0.25, -0.2) is 0 Å². The Hall–Kier alpha value is -2.89. The molecule has 0 aliphatic rings. The van der Waals surface area contributed by atoms with E-state index in [1.165, 1.54) is 11.8 Å². The van der Waals surface area contributed by atoms with E-state index in [4.69, 9.17) is 4.74 Å². The van der Waals surface area contributed by atoms with Crippen LogP contribution in [0.4, 0.5) is 0 Å². The van der Waals surface area contributed by atoms with Crippen LogP contribution in [0.15, 0.2) is 48.7 Å². The van der Waals surface area contributed by atoms with Crippen molar-refractivity contribution >= 4 is 11.8 Å². The summed E-state index contributed by atoms with van der Waals surface area (Å²) in [5.74, 6) is 0.0946. The first-order chi connectivity index (χ1) is 11.1. The van der Waals surface area contributed by atoms with Crippen LogP contribution < -0.4 is 15.6 Å². The minimum absolute atomic E-state index is 0.191. The number of hydrazine groups is 1. The summed E-state index contributed by atoms with van der Waals surface area (Å²) < 4.78 is 5.36. The number of benzene rings is 1. The van der Waals surface area contributed by atoms with Gasteiger partial charge in [-0.2, -0.15) is 0 Å². The standard InChI is InChI=1S/C17H19N3O3/c1-12(2)13-6-8-14(9-7-13)23-11-16(21)19-20-17(22)15-5-3-4-10-18-15/h3-10,12H,11H2,1-2H3,(H,19,21)(H,20,22). The lowest BCUT2D eigenvalue weighted by molar-refractivity contribution is -0.123. The fourth-order valence-electron chi connectivity index (χ4n) is 1.82. The number of carbonyl (C=O) groups is 2. The van der Waals surface area contributed by atoms with Gasteiger partial charge in [-0.05, 0) is 35.7 Å². The second-order valence-corrected chi connectivity index (χ2v) is 5.23. The molecule has 0 radical (unpaired) electrons. The van der Waals surface area contributed by atoms with E-state index < -0.39 is 11.8 Å². The lowest BCUT2D eigenvalue weighted by atomic mass is 10.0. The molecule has 6 heteroatoms. The molecule has 2 aromatic rings. The third-order valence-corrected chi connectivity index (χ3v) is 3.13. The highest BCUT2D eigenvalue weighted by atomic mass is 16.5. The number of rotatable bonds is 5. The van der Waals surface area contributed by atoms with Crippen molar-refractivity contribution < 1.29 is 14.3 Å². The van der Waals surface area contributed by atoms with Gasteiger partial charge >= 0.3 is 0 Å². The van der Waals surface area contributed by atoms with Crippen LogP contribution in [0.5, 0.6) is 5.75 Å². The summed E-state index contributed by atoms with van der Waals surface area (Å²) in [7, 11) is 0. The molecule has 2 N–H and O–H groups in total. The number of nitrogens with one attached hydrogen (secondary N) is 2. The van der Waals surface area contributed by atoms with Gasteiger partial charge in [-0.1, -0.05) is 32.0 Å². The number of ether oxygens (including phenoxy) is 1. The molecule has 0 bridgehead atoms. The monoisotopic (exact) mass is 313 g/mol. The smallest absolute Gasteiger partial charge is 0.288 e. The molecule has 1 aromatic heterocycles. The molecular formula is C17H19N3O3. The molecule has 2 rings (SSSR count). The Bertz CT molecular complexity index is 655. The van der Waals surface area contributed by atoms with Crippen LogP contribution in [-0.4, -0.2) is 23.4 Å². The highest BCUT2D eigenvalue weighted by molar-refractivity contribution is 5.93. The van der Waals surface area contributed by atoms with Gasteiger partial charge in [-0.3, -0.25) is 25.4 Å². The summed E-state index contributed by atoms with van der Waals surface area (Å²) in [4.78, 5) is 27.2. The summed E-state index contributed by atoms with van der Waals surface area (Å²) >= 11 is 0. The van der Waals surface area contributed by atoms with Crippen molar-refractivity contribution in [3.8, 4) is 5.75 Å². The number of hydrogen-bond donors (Lipinski definition) is 2. The molecule has 6 nitrogen and oxygen atoms in total. The van der Waals surface area contributed by atoms with Crippen molar-refractivity contribution in [3.05, 3.63) is 59.9 Å². The van der Waals surface area contributed by atoms with Crippen LogP contribution in [0, 0.1) is 0 Å². The van der Waals surface area contributed by atoms with E-state index in [0.29, 0.717) is 11.7 Å². The van der Waals surface area contributed by atoms with Crippen LogP contribution >= 0.6 is 0 Å². The van der Waals surface area contributed by atoms with Gasteiger partial charge in [-0.15, -0.1) is 0 Å². The first kappa shape index (κ1) is 16.5. The van der Waals surface area contributed by atoms with Crippen molar-refractivity contribution in [3.63, 3.8) is 0 Å². The van der Waals surface area contributed by atoms with Crippen molar-refractivity contribution in [2.45, 2.75) is 19.8 Å². The predicted molar refractivity (Wildman–Crippen MR) is 85.9 cm³/mol. The Balaban J connectivity index is 1.76. The molecular weight excluding hydrogens is 294 g/mol. The Morgan fingerprint density at radius 2 is 1.83 bits per heavy atom. The quantitative estimate of drug-likeness (QED) is 0.828. The summed E-state index contributed by atoms with van der Waals surface area (Å²) in [6.07, 6.45) is 1.50. The molecule has 0 unspecified atom stereocenters. The Kier molecular flexibility index (Phi) is 5.68. The van der Waals surface area contributed by atoms with Gasteiger partial charge < -0.3 is 4.74 Å². The number of hydrogen-bond acceptors (Lipinski definition) is 4. The second kappa shape index (κ2) is 7.93. The Morgan fingerprint density at radius 1 is 1.09 bits per heavy atom. The lowest BCUT2D eigenvalue weighted by Gasteiger charge is -2.10. The van der Waals surface area contributed by atoms with E-state index in [0.717, 1.165) is 0 Å². The van der Waals surface area contributed by atoms with Crippen LogP contribution in [0.25, 0.3) is 0 Å². The van der Waals surface area contributed by atoms with Crippen LogP contribution in [0.3, 0.4) is 0 Å². The van der Waals surface area contributed by atoms with Crippen LogP contribution in [-0.2, 0) is 4.79 Å². The average molecular weight is 313 g/mol. The Labute approximate surface area is 134 Å². The van der Waals surface area contributed by atoms with E-state index in [1.54, 1.807) is 18.2 Å². The topological polar surface area (TPSA) is 80.3 Å². The SMILES string of the molecule is CC(C)c1ccc(OCC(=O)NNC(=O)c2ccccn2)cc1. The number of carbonyl (C=O) groups excluding carboxylic acids is 2. The molecule has 0 aliphatic carbocycles. The van der Waals surface area contributed by atoms with Crippen molar-refractivity contribution in [2.24, 2.45) is 0 Å². The average Bonchev–Trinajstić information content (AvgIpc) is 2.59. The van der Waals surface area contributed by atoms with E-state index in [9.17, 15) is 9.59 Å². The van der Waals surface area contributed by atoms with Crippen molar-refractivity contribution in [2.75, 3.05) is 6.61 Å². The minimum Gasteiger partial charge on any atom is -0.484 e. The molecule has 0 spiro atoms. The van der Waals surface area contributed by atoms with Crippen molar-refractivity contribution in [1.29, 1.82) is 0 Å². The first-order valence-electron chi connectivity index (χ1n) is 7.29. The third-order valence-electron chi connectivity index (χ3n) is 3.13. The zero-order valence-corrected chi connectivity index (χ0v) is 13.1. The summed E-state index contributed by atoms with van der Waals surface area (Å²) in [6, 6.07) is 12.5. The molecule has 1 aromatic carbocycles. The van der Waals surface area contributed by atoms with Crippen LogP contribution in [0.1, 0.15) is 35.8 Å². The number of pyridine rings is 1. The van der Waals surface area contributed by atoms with Crippen molar-refractivity contribution in [1.82, 2.24) is 15.8 Å². The van der Waals surface area contributed by atoms with Gasteiger partial charge in [0.1, 0.15) is 11.4 Å². The summed E-state index contributed by atoms with van der Waals surface area (Å²) in [5.41, 5.74) is 5.97. The summed E-state index contributed by atoms with van der Waals surface area (Å²) in [5, 5.41) is 0. The second-order valence-electron chi connectivity index (χ2n) is 5.23. The molecule has 2 amide bonds. The van der Waals surface area contributed by atoms with Gasteiger partial charge in [0.05, 0.1) is 0 Å². The largest absolute Gasteiger partial charge is 0.484 e. The fraction of sp³-hybridized carbons (Fsp3) is 0.235. The third kappa shape index (κ3) is 5.10. The normalized spacial score (nSPS) is 10.2. The van der Waals surface area contributed by atoms with Gasteiger partial charge in [0.25, 0.3) is 11.8 Å². The van der Waals surface area contributed by atoms with E-state index in [2.05, 4.69) is 29.7 Å². The lowest BCUT2D eigenvalue weighted by Crippen LogP contribution is -2.44. The predicted octanol–water partition coefficient (Wildman–Crippen LogP) is 2.04.